The molecule has 0 radical (unpaired) electrons. The Kier molecular flexibility index (Phi) is 11.4. The maximum atomic E-state index is 6.05. The first-order chi connectivity index (χ1) is 8.38. The van der Waals surface area contributed by atoms with E-state index in [1.54, 1.807) is 0 Å². The topological polar surface area (TPSA) is 26.0 Å². The van der Waals surface area contributed by atoms with Crippen LogP contribution in [0.15, 0.2) is 0 Å². The Morgan fingerprint density at radius 1 is 1.06 bits per heavy atom. The standard InChI is InChI=1S/C14H31NS3/c1-10(2)13(15)9-18-8-12(4)14(17)6-5-11(3)7-16/h10-14,16-17H,5-9,15H2,1-4H3. The predicted molar refractivity (Wildman–Crippen MR) is 94.3 cm³/mol. The van der Waals surface area contributed by atoms with Crippen LogP contribution >= 0.6 is 37.0 Å². The van der Waals surface area contributed by atoms with Crippen molar-refractivity contribution in [1.29, 1.82) is 0 Å². The fourth-order valence-electron chi connectivity index (χ4n) is 1.52. The second-order valence-electron chi connectivity index (χ2n) is 5.86. The Morgan fingerprint density at radius 3 is 2.17 bits per heavy atom. The molecule has 0 saturated carbocycles. The highest BCUT2D eigenvalue weighted by atomic mass is 32.2. The van der Waals surface area contributed by atoms with Gasteiger partial charge in [-0.1, -0.05) is 27.7 Å². The van der Waals surface area contributed by atoms with Crippen molar-refractivity contribution >= 4 is 37.0 Å². The molecule has 0 saturated heterocycles. The second-order valence-corrected chi connectivity index (χ2v) is 7.96. The highest BCUT2D eigenvalue weighted by Gasteiger charge is 2.15. The first kappa shape index (κ1) is 19.0. The molecule has 18 heavy (non-hydrogen) atoms. The van der Waals surface area contributed by atoms with Gasteiger partial charge in [-0.25, -0.2) is 0 Å². The van der Waals surface area contributed by atoms with Crippen molar-refractivity contribution in [1.82, 2.24) is 0 Å². The molecule has 0 fully saturated rings. The van der Waals surface area contributed by atoms with E-state index in [9.17, 15) is 0 Å². The Hall–Kier alpha value is 1.01. The van der Waals surface area contributed by atoms with Crippen molar-refractivity contribution in [3.05, 3.63) is 0 Å². The number of hydrogen-bond acceptors (Lipinski definition) is 4. The Balaban J connectivity index is 3.70. The summed E-state index contributed by atoms with van der Waals surface area (Å²) in [4.78, 5) is 0. The minimum absolute atomic E-state index is 0.324. The number of rotatable bonds is 10. The first-order valence-corrected chi connectivity index (χ1v) is 9.31. The van der Waals surface area contributed by atoms with Gasteiger partial charge in [0.1, 0.15) is 0 Å². The Labute approximate surface area is 129 Å². The average molecular weight is 310 g/mol. The zero-order valence-corrected chi connectivity index (χ0v) is 14.9. The smallest absolute Gasteiger partial charge is 0.0153 e. The summed E-state index contributed by atoms with van der Waals surface area (Å²) in [6, 6.07) is 0.324. The molecule has 0 amide bonds. The molecule has 0 spiro atoms. The average Bonchev–Trinajstić information content (AvgIpc) is 2.34. The van der Waals surface area contributed by atoms with Gasteiger partial charge in [-0.05, 0) is 42.1 Å². The molecule has 4 unspecified atom stereocenters. The fraction of sp³-hybridized carbons (Fsp3) is 1.00. The van der Waals surface area contributed by atoms with E-state index < -0.39 is 0 Å². The summed E-state index contributed by atoms with van der Waals surface area (Å²) < 4.78 is 0. The third kappa shape index (κ3) is 9.00. The van der Waals surface area contributed by atoms with Gasteiger partial charge >= 0.3 is 0 Å². The summed E-state index contributed by atoms with van der Waals surface area (Å²) in [6.45, 7) is 8.94. The summed E-state index contributed by atoms with van der Waals surface area (Å²) in [6.07, 6.45) is 2.43. The van der Waals surface area contributed by atoms with Crippen LogP contribution < -0.4 is 5.73 Å². The summed E-state index contributed by atoms with van der Waals surface area (Å²) in [7, 11) is 0. The van der Waals surface area contributed by atoms with Crippen molar-refractivity contribution in [2.45, 2.75) is 51.8 Å². The van der Waals surface area contributed by atoms with E-state index in [2.05, 4.69) is 40.3 Å². The normalized spacial score (nSPS) is 18.7. The van der Waals surface area contributed by atoms with Crippen molar-refractivity contribution in [2.75, 3.05) is 17.3 Å². The van der Waals surface area contributed by atoms with Crippen LogP contribution in [0.4, 0.5) is 0 Å². The molecule has 1 nitrogen and oxygen atoms in total. The molecule has 0 bridgehead atoms. The maximum absolute atomic E-state index is 6.05. The molecule has 0 heterocycles. The molecule has 0 aromatic heterocycles. The predicted octanol–water partition coefficient (Wildman–Crippen LogP) is 3.98. The third-order valence-corrected chi connectivity index (χ3v) is 6.24. The van der Waals surface area contributed by atoms with E-state index in [4.69, 9.17) is 18.4 Å². The number of nitrogens with two attached hydrogens (primary N) is 1. The Bertz CT molecular complexity index is 199. The van der Waals surface area contributed by atoms with Gasteiger partial charge in [0, 0.05) is 17.0 Å². The molecular weight excluding hydrogens is 278 g/mol. The summed E-state index contributed by atoms with van der Waals surface area (Å²) in [5.41, 5.74) is 6.05. The van der Waals surface area contributed by atoms with Gasteiger partial charge in [0.05, 0.1) is 0 Å². The van der Waals surface area contributed by atoms with Crippen LogP contribution in [0.1, 0.15) is 40.5 Å². The highest BCUT2D eigenvalue weighted by Crippen LogP contribution is 2.23. The van der Waals surface area contributed by atoms with Crippen LogP contribution in [0.25, 0.3) is 0 Å². The molecule has 0 aliphatic heterocycles. The summed E-state index contributed by atoms with van der Waals surface area (Å²) in [5.74, 6) is 5.16. The molecular formula is C14H31NS3. The van der Waals surface area contributed by atoms with Crippen LogP contribution in [-0.4, -0.2) is 28.6 Å². The van der Waals surface area contributed by atoms with Crippen LogP contribution in [0, 0.1) is 17.8 Å². The van der Waals surface area contributed by atoms with Crippen LogP contribution in [0.3, 0.4) is 0 Å². The molecule has 0 aliphatic carbocycles. The van der Waals surface area contributed by atoms with Crippen molar-refractivity contribution in [3.63, 3.8) is 0 Å². The SMILES string of the molecule is CC(CS)CCC(S)C(C)CSCC(N)C(C)C. The maximum Gasteiger partial charge on any atom is 0.0153 e. The monoisotopic (exact) mass is 309 g/mol. The number of hydrogen-bond donors (Lipinski definition) is 3. The van der Waals surface area contributed by atoms with Gasteiger partial charge in [0.15, 0.2) is 0 Å². The van der Waals surface area contributed by atoms with E-state index in [1.807, 2.05) is 11.8 Å². The van der Waals surface area contributed by atoms with Crippen LogP contribution in [0.2, 0.25) is 0 Å². The highest BCUT2D eigenvalue weighted by molar-refractivity contribution is 7.99. The lowest BCUT2D eigenvalue weighted by Crippen LogP contribution is -2.29. The van der Waals surface area contributed by atoms with E-state index >= 15 is 0 Å². The molecule has 0 aliphatic rings. The summed E-state index contributed by atoms with van der Waals surface area (Å²) in [5, 5.41) is 0.509. The van der Waals surface area contributed by atoms with Gasteiger partial charge in [0.25, 0.3) is 0 Å². The zero-order valence-electron chi connectivity index (χ0n) is 12.3. The lowest BCUT2D eigenvalue weighted by atomic mass is 10.0. The van der Waals surface area contributed by atoms with Gasteiger partial charge in [-0.2, -0.15) is 37.0 Å². The van der Waals surface area contributed by atoms with E-state index in [1.165, 1.54) is 18.6 Å². The van der Waals surface area contributed by atoms with Gasteiger partial charge in [-0.3, -0.25) is 0 Å². The van der Waals surface area contributed by atoms with Gasteiger partial charge < -0.3 is 5.73 Å². The first-order valence-electron chi connectivity index (χ1n) is 7.00. The quantitative estimate of drug-likeness (QED) is 0.532. The van der Waals surface area contributed by atoms with E-state index in [0.29, 0.717) is 29.0 Å². The largest absolute Gasteiger partial charge is 0.327 e. The lowest BCUT2D eigenvalue weighted by Gasteiger charge is -2.21. The minimum atomic E-state index is 0.324. The van der Waals surface area contributed by atoms with Gasteiger partial charge in [0.2, 0.25) is 0 Å². The molecule has 110 valence electrons. The Morgan fingerprint density at radius 2 is 1.67 bits per heavy atom. The molecule has 4 heteroatoms. The summed E-state index contributed by atoms with van der Waals surface area (Å²) >= 11 is 11.0. The number of thioether (sulfide) groups is 1. The molecule has 2 N–H and O–H groups in total. The van der Waals surface area contributed by atoms with E-state index in [-0.39, 0.29) is 0 Å². The van der Waals surface area contributed by atoms with Crippen LogP contribution in [0.5, 0.6) is 0 Å². The second kappa shape index (κ2) is 10.8. The van der Waals surface area contributed by atoms with E-state index in [0.717, 1.165) is 11.5 Å². The van der Waals surface area contributed by atoms with Crippen molar-refractivity contribution in [3.8, 4) is 0 Å². The number of thiol groups is 2. The van der Waals surface area contributed by atoms with Crippen LogP contribution in [-0.2, 0) is 0 Å². The zero-order chi connectivity index (χ0) is 14.1. The lowest BCUT2D eigenvalue weighted by molar-refractivity contribution is 0.501. The van der Waals surface area contributed by atoms with Crippen molar-refractivity contribution < 1.29 is 0 Å². The molecule has 0 aromatic rings. The fourth-order valence-corrected chi connectivity index (χ4v) is 3.50. The van der Waals surface area contributed by atoms with Crippen molar-refractivity contribution in [2.24, 2.45) is 23.5 Å². The van der Waals surface area contributed by atoms with Gasteiger partial charge in [-0.15, -0.1) is 0 Å². The minimum Gasteiger partial charge on any atom is -0.327 e. The molecule has 4 atom stereocenters. The molecule has 0 aromatic carbocycles. The third-order valence-electron chi connectivity index (χ3n) is 3.47. The molecule has 0 rings (SSSR count).